The highest BCUT2D eigenvalue weighted by Crippen LogP contribution is 2.03. The van der Waals surface area contributed by atoms with Crippen molar-refractivity contribution in [3.63, 3.8) is 0 Å². The summed E-state index contributed by atoms with van der Waals surface area (Å²) in [6.07, 6.45) is 7.84. The molecule has 0 aromatic carbocycles. The summed E-state index contributed by atoms with van der Waals surface area (Å²) >= 11 is 0. The molecule has 0 fully saturated rings. The molecule has 0 atom stereocenters. The molecule has 0 amide bonds. The lowest BCUT2D eigenvalue weighted by Crippen LogP contribution is -1.93. The molecule has 66 valence electrons. The summed E-state index contributed by atoms with van der Waals surface area (Å²) in [5.74, 6) is 0. The van der Waals surface area contributed by atoms with Gasteiger partial charge < -0.3 is 0 Å². The molecule has 1 aromatic rings. The Morgan fingerprint density at radius 3 is 2.83 bits per heavy atom. The Morgan fingerprint density at radius 2 is 2.17 bits per heavy atom. The molecule has 0 spiro atoms. The van der Waals surface area contributed by atoms with Crippen LogP contribution in [0.25, 0.3) is 0 Å². The van der Waals surface area contributed by atoms with E-state index in [-0.39, 0.29) is 0 Å². The van der Waals surface area contributed by atoms with Crippen LogP contribution in [0.5, 0.6) is 0 Å². The zero-order valence-corrected chi connectivity index (χ0v) is 7.53. The van der Waals surface area contributed by atoms with Crippen LogP contribution in [0, 0.1) is 0 Å². The Kier molecular flexibility index (Phi) is 4.27. The highest BCUT2D eigenvalue weighted by Gasteiger charge is 1.93. The van der Waals surface area contributed by atoms with Gasteiger partial charge in [-0.25, -0.2) is 0 Å². The normalized spacial score (nSPS) is 10.1. The molecule has 3 heteroatoms. The number of rotatable bonds is 5. The van der Waals surface area contributed by atoms with E-state index in [2.05, 4.69) is 22.3 Å². The number of hydrogen-bond acceptors (Lipinski definition) is 3. The minimum atomic E-state index is 1.04. The second-order valence-electron chi connectivity index (χ2n) is 2.92. The van der Waals surface area contributed by atoms with Crippen molar-refractivity contribution in [1.82, 2.24) is 15.4 Å². The van der Waals surface area contributed by atoms with Crippen molar-refractivity contribution in [2.75, 3.05) is 0 Å². The lowest BCUT2D eigenvalue weighted by Gasteiger charge is -1.97. The van der Waals surface area contributed by atoms with Crippen LogP contribution in [0.3, 0.4) is 0 Å². The van der Waals surface area contributed by atoms with E-state index < -0.39 is 0 Å². The van der Waals surface area contributed by atoms with Gasteiger partial charge >= 0.3 is 0 Å². The maximum atomic E-state index is 3.92. The quantitative estimate of drug-likeness (QED) is 0.626. The Balaban J connectivity index is 2.16. The van der Waals surface area contributed by atoms with E-state index in [9.17, 15) is 0 Å². The summed E-state index contributed by atoms with van der Waals surface area (Å²) in [4.78, 5) is 0. The molecule has 1 aromatic heterocycles. The molecule has 0 aliphatic rings. The lowest BCUT2D eigenvalue weighted by atomic mass is 10.1. The fraction of sp³-hybridized carbons (Fsp3) is 0.667. The summed E-state index contributed by atoms with van der Waals surface area (Å²) in [6.45, 7) is 2.21. The summed E-state index contributed by atoms with van der Waals surface area (Å²) in [5.41, 5.74) is 1.06. The van der Waals surface area contributed by atoms with Gasteiger partial charge in [0.25, 0.3) is 0 Å². The van der Waals surface area contributed by atoms with E-state index in [1.54, 1.807) is 6.20 Å². The highest BCUT2D eigenvalue weighted by molar-refractivity contribution is 4.94. The van der Waals surface area contributed by atoms with Gasteiger partial charge in [0.05, 0.1) is 11.9 Å². The van der Waals surface area contributed by atoms with Gasteiger partial charge in [-0.3, -0.25) is 0 Å². The van der Waals surface area contributed by atoms with Gasteiger partial charge in [0, 0.05) is 0 Å². The van der Waals surface area contributed by atoms with Gasteiger partial charge in [-0.1, -0.05) is 26.2 Å². The van der Waals surface area contributed by atoms with E-state index in [4.69, 9.17) is 0 Å². The molecule has 0 saturated carbocycles. The minimum Gasteiger partial charge on any atom is -0.139 e. The number of hydrogen-bond donors (Lipinski definition) is 0. The number of unbranched alkanes of at least 4 members (excludes halogenated alkanes) is 3. The molecule has 0 bridgehead atoms. The SMILES string of the molecule is CCCCCCc1ccnnn1. The molecule has 1 heterocycles. The molecule has 0 aliphatic carbocycles. The number of aromatic nitrogens is 3. The average molecular weight is 165 g/mol. The first-order valence-corrected chi connectivity index (χ1v) is 4.56. The largest absolute Gasteiger partial charge is 0.139 e. The third-order valence-corrected chi connectivity index (χ3v) is 1.84. The maximum Gasteiger partial charge on any atom is 0.0664 e. The zero-order valence-electron chi connectivity index (χ0n) is 7.53. The van der Waals surface area contributed by atoms with Crippen molar-refractivity contribution in [2.45, 2.75) is 39.0 Å². The standard InChI is InChI=1S/C9H15N3/c1-2-3-4-5-6-9-7-8-10-12-11-9/h7-8H,2-6H2,1H3. The molecule has 0 saturated heterocycles. The average Bonchev–Trinajstić information content (AvgIpc) is 2.14. The molecule has 3 nitrogen and oxygen atoms in total. The monoisotopic (exact) mass is 165 g/mol. The second kappa shape index (κ2) is 5.63. The van der Waals surface area contributed by atoms with Gasteiger partial charge in [0.2, 0.25) is 0 Å². The van der Waals surface area contributed by atoms with Crippen LogP contribution in [0.4, 0.5) is 0 Å². The van der Waals surface area contributed by atoms with Crippen molar-refractivity contribution in [2.24, 2.45) is 0 Å². The first-order chi connectivity index (χ1) is 5.93. The van der Waals surface area contributed by atoms with Crippen LogP contribution in [-0.4, -0.2) is 15.4 Å². The van der Waals surface area contributed by atoms with E-state index >= 15 is 0 Å². The van der Waals surface area contributed by atoms with Gasteiger partial charge in [0.15, 0.2) is 0 Å². The smallest absolute Gasteiger partial charge is 0.0664 e. The van der Waals surface area contributed by atoms with Gasteiger partial charge in [-0.2, -0.15) is 0 Å². The van der Waals surface area contributed by atoms with Crippen molar-refractivity contribution < 1.29 is 0 Å². The Bertz CT molecular complexity index is 198. The molecule has 1 rings (SSSR count). The van der Waals surface area contributed by atoms with E-state index in [1.807, 2.05) is 6.07 Å². The maximum absolute atomic E-state index is 3.92. The summed E-state index contributed by atoms with van der Waals surface area (Å²) < 4.78 is 0. The van der Waals surface area contributed by atoms with Crippen molar-refractivity contribution in [3.05, 3.63) is 18.0 Å². The zero-order chi connectivity index (χ0) is 8.65. The molecular formula is C9H15N3. The molecule has 0 aliphatic heterocycles. The van der Waals surface area contributed by atoms with Crippen LogP contribution >= 0.6 is 0 Å². The van der Waals surface area contributed by atoms with Gasteiger partial charge in [-0.05, 0) is 24.1 Å². The van der Waals surface area contributed by atoms with E-state index in [0.717, 1.165) is 12.1 Å². The fourth-order valence-corrected chi connectivity index (χ4v) is 1.13. The topological polar surface area (TPSA) is 38.7 Å². The summed E-state index contributed by atoms with van der Waals surface area (Å²) in [7, 11) is 0. The fourth-order valence-electron chi connectivity index (χ4n) is 1.13. The Hall–Kier alpha value is -0.990. The predicted molar refractivity (Wildman–Crippen MR) is 47.7 cm³/mol. The first kappa shape index (κ1) is 9.10. The van der Waals surface area contributed by atoms with E-state index in [1.165, 1.54) is 25.7 Å². The van der Waals surface area contributed by atoms with Gasteiger partial charge in [-0.15, -0.1) is 10.2 Å². The number of aryl methyl sites for hydroxylation is 1. The lowest BCUT2D eigenvalue weighted by molar-refractivity contribution is 0.651. The van der Waals surface area contributed by atoms with Crippen LogP contribution in [-0.2, 0) is 6.42 Å². The van der Waals surface area contributed by atoms with Gasteiger partial charge in [0.1, 0.15) is 0 Å². The molecule has 0 unspecified atom stereocenters. The van der Waals surface area contributed by atoms with Crippen molar-refractivity contribution >= 4 is 0 Å². The van der Waals surface area contributed by atoms with Crippen LogP contribution in [0.2, 0.25) is 0 Å². The third kappa shape index (κ3) is 3.42. The van der Waals surface area contributed by atoms with Crippen LogP contribution in [0.1, 0.15) is 38.3 Å². The van der Waals surface area contributed by atoms with Crippen LogP contribution < -0.4 is 0 Å². The molecular weight excluding hydrogens is 150 g/mol. The summed E-state index contributed by atoms with van der Waals surface area (Å²) in [5, 5.41) is 11.1. The van der Waals surface area contributed by atoms with Crippen LogP contribution in [0.15, 0.2) is 12.3 Å². The summed E-state index contributed by atoms with van der Waals surface area (Å²) in [6, 6.07) is 1.93. The molecule has 12 heavy (non-hydrogen) atoms. The Morgan fingerprint density at radius 1 is 1.25 bits per heavy atom. The highest BCUT2D eigenvalue weighted by atomic mass is 15.3. The molecule has 0 N–H and O–H groups in total. The predicted octanol–water partition coefficient (Wildman–Crippen LogP) is 1.99. The molecule has 0 radical (unpaired) electrons. The first-order valence-electron chi connectivity index (χ1n) is 4.56. The third-order valence-electron chi connectivity index (χ3n) is 1.84. The number of nitrogens with zero attached hydrogens (tertiary/aromatic N) is 3. The Labute approximate surface area is 73.2 Å². The minimum absolute atomic E-state index is 1.04. The van der Waals surface area contributed by atoms with E-state index in [0.29, 0.717) is 0 Å². The van der Waals surface area contributed by atoms with Crippen molar-refractivity contribution in [3.8, 4) is 0 Å². The second-order valence-corrected chi connectivity index (χ2v) is 2.92. The van der Waals surface area contributed by atoms with Crippen molar-refractivity contribution in [1.29, 1.82) is 0 Å².